The van der Waals surface area contributed by atoms with E-state index < -0.39 is 0 Å². The smallest absolute Gasteiger partial charge is 0.0260 e. The minimum absolute atomic E-state index is 0.113. The molecule has 0 N–H and O–H groups in total. The van der Waals surface area contributed by atoms with Gasteiger partial charge in [-0.2, -0.15) is 0 Å². The molecule has 54 heavy (non-hydrogen) atoms. The predicted octanol–water partition coefficient (Wildman–Crippen LogP) is 16.7. The lowest BCUT2D eigenvalue weighted by Crippen LogP contribution is -2.14. The van der Waals surface area contributed by atoms with Gasteiger partial charge in [0, 0.05) is 43.6 Å². The fraction of sp³-hybridized carbons (Fsp3) is 0.160. The van der Waals surface area contributed by atoms with Crippen molar-refractivity contribution in [2.45, 2.75) is 44.9 Å². The SMILES string of the molecule is BrBr.CC1(C)c2cccc3cc(Br)c4cccc1c4c23.CC1(C)c2cccc3ccc4cccc1c4c23.CI.c1cc2c3c(c1)ccc1cccc(c13)C2. The molecule has 0 aromatic heterocycles. The van der Waals surface area contributed by atoms with E-state index in [-0.39, 0.29) is 10.8 Å². The molecule has 3 aliphatic carbocycles. The molecule has 0 bridgehead atoms. The zero-order valence-electron chi connectivity index (χ0n) is 31.0. The van der Waals surface area contributed by atoms with Crippen LogP contribution >= 0.6 is 66.8 Å². The van der Waals surface area contributed by atoms with E-state index in [0.717, 1.165) is 6.42 Å². The summed E-state index contributed by atoms with van der Waals surface area (Å²) in [5.74, 6) is 0. The van der Waals surface area contributed by atoms with Crippen LogP contribution in [0.15, 0.2) is 144 Å². The van der Waals surface area contributed by atoms with E-state index in [2.05, 4.69) is 234 Å². The van der Waals surface area contributed by atoms with Gasteiger partial charge in [0.2, 0.25) is 0 Å². The molecule has 0 fully saturated rings. The van der Waals surface area contributed by atoms with Crippen molar-refractivity contribution in [2.24, 2.45) is 0 Å². The van der Waals surface area contributed by atoms with Crippen molar-refractivity contribution in [3.8, 4) is 0 Å². The summed E-state index contributed by atoms with van der Waals surface area (Å²) < 4.78 is 1.20. The summed E-state index contributed by atoms with van der Waals surface area (Å²) in [7, 11) is 0. The van der Waals surface area contributed by atoms with E-state index in [1.54, 1.807) is 0 Å². The van der Waals surface area contributed by atoms with Gasteiger partial charge in [-0.25, -0.2) is 0 Å². The summed E-state index contributed by atoms with van der Waals surface area (Å²) in [6, 6.07) is 51.1. The number of hydrogen-bond acceptors (Lipinski definition) is 0. The zero-order valence-corrected chi connectivity index (χ0v) is 37.9. The van der Waals surface area contributed by atoms with Crippen molar-refractivity contribution < 1.29 is 0 Å². The van der Waals surface area contributed by atoms with Crippen molar-refractivity contribution >= 4 is 131 Å². The molecule has 12 rings (SSSR count). The number of hydrogen-bond donors (Lipinski definition) is 0. The molecule has 0 radical (unpaired) electrons. The Balaban J connectivity index is 0.000000110. The van der Waals surface area contributed by atoms with E-state index in [1.165, 1.54) is 102 Å². The summed E-state index contributed by atoms with van der Waals surface area (Å²) in [4.78, 5) is 1.97. The minimum atomic E-state index is 0.113. The van der Waals surface area contributed by atoms with Gasteiger partial charge in [0.25, 0.3) is 0 Å². The summed E-state index contributed by atoms with van der Waals surface area (Å²) in [5, 5.41) is 16.9. The maximum atomic E-state index is 3.71. The Kier molecular flexibility index (Phi) is 10.2. The molecule has 0 nitrogen and oxygen atoms in total. The molecule has 0 unspecified atom stereocenters. The van der Waals surface area contributed by atoms with Crippen LogP contribution < -0.4 is 0 Å². The number of alkyl halides is 1. The summed E-state index contributed by atoms with van der Waals surface area (Å²) >= 11 is 11.4. The third-order valence-electron chi connectivity index (χ3n) is 12.0. The summed E-state index contributed by atoms with van der Waals surface area (Å²) in [5.41, 5.74) is 9.08. The second-order valence-electron chi connectivity index (χ2n) is 15.4. The highest BCUT2D eigenvalue weighted by molar-refractivity contribution is 14.1. The first kappa shape index (κ1) is 37.6. The molecule has 9 aromatic carbocycles. The Bertz CT molecular complexity index is 2800. The Morgan fingerprint density at radius 1 is 0.407 bits per heavy atom. The van der Waals surface area contributed by atoms with Crippen LogP contribution in [0.25, 0.3) is 64.6 Å². The average Bonchev–Trinajstić information content (AvgIpc) is 3.80. The molecule has 0 amide bonds. The van der Waals surface area contributed by atoms with Gasteiger partial charge >= 0.3 is 0 Å². The largest absolute Gasteiger partial charge is 0.0901 e. The van der Waals surface area contributed by atoms with Crippen molar-refractivity contribution in [3.05, 3.63) is 177 Å². The lowest BCUT2D eigenvalue weighted by atomic mass is 9.82. The third-order valence-corrected chi connectivity index (χ3v) is 12.6. The lowest BCUT2D eigenvalue weighted by Gasteiger charge is -2.21. The molecular weight excluding hydrogens is 967 g/mol. The molecule has 0 spiro atoms. The van der Waals surface area contributed by atoms with Crippen LogP contribution in [0.5, 0.6) is 0 Å². The second-order valence-corrected chi connectivity index (χ2v) is 16.2. The lowest BCUT2D eigenvalue weighted by molar-refractivity contribution is 0.662. The van der Waals surface area contributed by atoms with E-state index >= 15 is 0 Å². The Morgan fingerprint density at radius 3 is 1.19 bits per heavy atom. The summed E-state index contributed by atoms with van der Waals surface area (Å²) in [6.45, 7) is 9.31. The van der Waals surface area contributed by atoms with Crippen LogP contribution in [0.1, 0.15) is 61.1 Å². The fourth-order valence-electron chi connectivity index (χ4n) is 9.54. The van der Waals surface area contributed by atoms with Gasteiger partial charge in [-0.15, -0.1) is 0 Å². The van der Waals surface area contributed by atoms with Crippen molar-refractivity contribution in [1.29, 1.82) is 0 Å². The second kappa shape index (κ2) is 14.7. The number of rotatable bonds is 0. The highest BCUT2D eigenvalue weighted by Crippen LogP contribution is 2.50. The molecule has 9 aromatic rings. The highest BCUT2D eigenvalue weighted by atomic mass is 127. The van der Waals surface area contributed by atoms with E-state index in [1.807, 2.05) is 4.93 Å². The molecule has 0 saturated carbocycles. The van der Waals surface area contributed by atoms with Crippen molar-refractivity contribution in [3.63, 3.8) is 0 Å². The number of halogens is 4. The van der Waals surface area contributed by atoms with Gasteiger partial charge in [-0.1, -0.05) is 200 Å². The molecule has 0 aliphatic heterocycles. The molecule has 0 saturated heterocycles. The molecule has 4 heteroatoms. The Hall–Kier alpha value is -3.29. The third kappa shape index (κ3) is 5.76. The van der Waals surface area contributed by atoms with Gasteiger partial charge in [0.1, 0.15) is 0 Å². The van der Waals surface area contributed by atoms with E-state index in [4.69, 9.17) is 0 Å². The molecule has 0 atom stereocenters. The first-order valence-corrected chi connectivity index (χ1v) is 24.9. The van der Waals surface area contributed by atoms with Crippen LogP contribution in [0, 0.1) is 0 Å². The van der Waals surface area contributed by atoms with Gasteiger partial charge in [0.15, 0.2) is 0 Å². The average molecular weight is 1010 g/mol. The highest BCUT2D eigenvalue weighted by Gasteiger charge is 2.34. The van der Waals surface area contributed by atoms with Gasteiger partial charge < -0.3 is 0 Å². The minimum Gasteiger partial charge on any atom is -0.0901 e. The van der Waals surface area contributed by atoms with Crippen LogP contribution in [0.3, 0.4) is 0 Å². The molecule has 3 aliphatic rings. The standard InChI is InChI=1S/C17H13Br.C17H14.C15H10.CH3I.Br2/c1-17(2)12-7-3-5-10-9-14(18)11-6-4-8-13(17)16(11)15(10)12;1-17(2)13-7-3-5-11-9-10-12-6-4-8-14(17)16(12)15(11)13;1-3-10-7-8-11-4-2-6-13-9-12(5-1)14(10)15(11)13;2*1-2/h3-9H,1-2H3;3-10H,1-2H3;1-8H,9H2;1H3;. The van der Waals surface area contributed by atoms with Crippen LogP contribution in [0.4, 0.5) is 0 Å². The maximum Gasteiger partial charge on any atom is 0.0260 e. The molecule has 0 heterocycles. The van der Waals surface area contributed by atoms with Crippen LogP contribution in [-0.2, 0) is 17.3 Å². The first-order valence-electron chi connectivity index (χ1n) is 18.3. The fourth-order valence-corrected chi connectivity index (χ4v) is 10.1. The van der Waals surface area contributed by atoms with E-state index in [9.17, 15) is 0 Å². The van der Waals surface area contributed by atoms with Crippen LogP contribution in [-0.4, -0.2) is 4.93 Å². The van der Waals surface area contributed by atoms with Gasteiger partial charge in [0.05, 0.1) is 0 Å². The molecular formula is C50H40Br3I. The Labute approximate surface area is 355 Å². The number of benzene rings is 9. The van der Waals surface area contributed by atoms with Crippen molar-refractivity contribution in [2.75, 3.05) is 4.93 Å². The van der Waals surface area contributed by atoms with Crippen LogP contribution in [0.2, 0.25) is 0 Å². The Morgan fingerprint density at radius 2 is 0.741 bits per heavy atom. The normalized spacial score (nSPS) is 14.2. The monoisotopic (exact) mass is 1000 g/mol. The predicted molar refractivity (Wildman–Crippen MR) is 257 cm³/mol. The summed E-state index contributed by atoms with van der Waals surface area (Å²) in [6.07, 6.45) is 1.11. The van der Waals surface area contributed by atoms with Gasteiger partial charge in [-0.05, 0) is 115 Å². The maximum absolute atomic E-state index is 3.71. The van der Waals surface area contributed by atoms with Gasteiger partial charge in [-0.3, -0.25) is 0 Å². The molecule has 268 valence electrons. The van der Waals surface area contributed by atoms with E-state index in [0.29, 0.717) is 0 Å². The van der Waals surface area contributed by atoms with Crippen molar-refractivity contribution in [1.82, 2.24) is 0 Å². The topological polar surface area (TPSA) is 0 Å². The zero-order chi connectivity index (χ0) is 37.9. The first-order chi connectivity index (χ1) is 26.2. The quantitative estimate of drug-likeness (QED) is 0.0807.